The van der Waals surface area contributed by atoms with Crippen LogP contribution >= 0.6 is 0 Å². The summed E-state index contributed by atoms with van der Waals surface area (Å²) in [6, 6.07) is 19.4. The van der Waals surface area contributed by atoms with E-state index in [0.717, 1.165) is 12.2 Å². The van der Waals surface area contributed by atoms with Crippen molar-refractivity contribution in [3.05, 3.63) is 65.7 Å². The highest BCUT2D eigenvalue weighted by Gasteiger charge is 2.37. The lowest BCUT2D eigenvalue weighted by Gasteiger charge is -2.05. The molecule has 2 unspecified atom stereocenters. The van der Waals surface area contributed by atoms with Crippen molar-refractivity contribution in [2.45, 2.75) is 24.9 Å². The van der Waals surface area contributed by atoms with E-state index in [1.54, 1.807) is 0 Å². The molecular formula is C16H18N2. The van der Waals surface area contributed by atoms with Crippen LogP contribution in [0.2, 0.25) is 0 Å². The molecule has 1 saturated carbocycles. The molecule has 2 heteroatoms. The predicted octanol–water partition coefficient (Wildman–Crippen LogP) is 2.91. The summed E-state index contributed by atoms with van der Waals surface area (Å²) in [6.07, 6.45) is 1.24. The lowest BCUT2D eigenvalue weighted by molar-refractivity contribution is 0.673. The summed E-state index contributed by atoms with van der Waals surface area (Å²) < 4.78 is 0. The highest BCUT2D eigenvalue weighted by Crippen LogP contribution is 2.40. The molecule has 0 spiro atoms. The summed E-state index contributed by atoms with van der Waals surface area (Å²) in [5.41, 5.74) is 9.31. The van der Waals surface area contributed by atoms with E-state index in [1.165, 1.54) is 17.5 Å². The van der Waals surface area contributed by atoms with E-state index >= 15 is 0 Å². The van der Waals surface area contributed by atoms with Gasteiger partial charge in [-0.3, -0.25) is 0 Å². The van der Waals surface area contributed by atoms with Gasteiger partial charge in [-0.2, -0.15) is 0 Å². The van der Waals surface area contributed by atoms with Crippen LogP contribution in [0.5, 0.6) is 0 Å². The molecule has 1 aliphatic carbocycles. The second-order valence-electron chi connectivity index (χ2n) is 4.99. The molecule has 0 radical (unpaired) electrons. The van der Waals surface area contributed by atoms with E-state index in [4.69, 9.17) is 5.73 Å². The Morgan fingerprint density at radius 2 is 1.89 bits per heavy atom. The van der Waals surface area contributed by atoms with Crippen molar-refractivity contribution in [1.82, 2.24) is 5.32 Å². The third-order valence-corrected chi connectivity index (χ3v) is 3.54. The van der Waals surface area contributed by atoms with Gasteiger partial charge >= 0.3 is 0 Å². The third-order valence-electron chi connectivity index (χ3n) is 3.54. The molecule has 1 aliphatic rings. The largest absolute Gasteiger partial charge is 0.399 e. The van der Waals surface area contributed by atoms with Crippen molar-refractivity contribution in [2.75, 3.05) is 5.73 Å². The topological polar surface area (TPSA) is 38.0 Å². The van der Waals surface area contributed by atoms with E-state index in [-0.39, 0.29) is 0 Å². The van der Waals surface area contributed by atoms with Crippen LogP contribution in [0.3, 0.4) is 0 Å². The number of rotatable bonds is 4. The molecule has 3 rings (SSSR count). The molecule has 0 amide bonds. The van der Waals surface area contributed by atoms with Gasteiger partial charge in [0.2, 0.25) is 0 Å². The van der Waals surface area contributed by atoms with Gasteiger partial charge in [0.1, 0.15) is 0 Å². The molecule has 2 atom stereocenters. The van der Waals surface area contributed by atoms with E-state index in [0.29, 0.717) is 12.0 Å². The Labute approximate surface area is 108 Å². The molecule has 18 heavy (non-hydrogen) atoms. The van der Waals surface area contributed by atoms with Crippen LogP contribution in [0.15, 0.2) is 54.6 Å². The molecule has 1 fully saturated rings. The SMILES string of the molecule is Nc1cccc(CNC2CC2c2ccccc2)c1. The van der Waals surface area contributed by atoms with Crippen molar-refractivity contribution in [3.8, 4) is 0 Å². The molecule has 92 valence electrons. The Balaban J connectivity index is 1.55. The summed E-state index contributed by atoms with van der Waals surface area (Å²) in [7, 11) is 0. The Hall–Kier alpha value is -1.80. The molecule has 0 bridgehead atoms. The quantitative estimate of drug-likeness (QED) is 0.804. The summed E-state index contributed by atoms with van der Waals surface area (Å²) in [5, 5.41) is 3.59. The fraction of sp³-hybridized carbons (Fsp3) is 0.250. The average molecular weight is 238 g/mol. The van der Waals surface area contributed by atoms with Gasteiger partial charge in [0.15, 0.2) is 0 Å². The summed E-state index contributed by atoms with van der Waals surface area (Å²) in [4.78, 5) is 0. The van der Waals surface area contributed by atoms with Gasteiger partial charge in [0.05, 0.1) is 0 Å². The molecule has 2 aromatic rings. The van der Waals surface area contributed by atoms with Gasteiger partial charge in [-0.1, -0.05) is 42.5 Å². The summed E-state index contributed by atoms with van der Waals surface area (Å²) >= 11 is 0. The third kappa shape index (κ3) is 2.54. The number of nitrogens with two attached hydrogens (primary N) is 1. The highest BCUT2D eigenvalue weighted by atomic mass is 15.0. The van der Waals surface area contributed by atoms with Crippen LogP contribution in [0.4, 0.5) is 5.69 Å². The van der Waals surface area contributed by atoms with Crippen molar-refractivity contribution < 1.29 is 0 Å². The van der Waals surface area contributed by atoms with E-state index in [2.05, 4.69) is 41.7 Å². The first kappa shape index (κ1) is 11.3. The molecule has 0 saturated heterocycles. The number of nitrogen functional groups attached to an aromatic ring is 1. The molecule has 2 nitrogen and oxygen atoms in total. The van der Waals surface area contributed by atoms with Crippen LogP contribution in [-0.2, 0) is 6.54 Å². The normalized spacial score (nSPS) is 21.8. The lowest BCUT2D eigenvalue weighted by Crippen LogP contribution is -2.17. The number of benzene rings is 2. The molecular weight excluding hydrogens is 220 g/mol. The maximum Gasteiger partial charge on any atom is 0.0317 e. The van der Waals surface area contributed by atoms with E-state index in [1.807, 2.05) is 18.2 Å². The number of hydrogen-bond acceptors (Lipinski definition) is 2. The zero-order chi connectivity index (χ0) is 12.4. The van der Waals surface area contributed by atoms with Crippen LogP contribution in [0.1, 0.15) is 23.5 Å². The Morgan fingerprint density at radius 3 is 2.67 bits per heavy atom. The fourth-order valence-electron chi connectivity index (χ4n) is 2.44. The maximum absolute atomic E-state index is 5.77. The minimum absolute atomic E-state index is 0.619. The second-order valence-corrected chi connectivity index (χ2v) is 4.99. The monoisotopic (exact) mass is 238 g/mol. The number of anilines is 1. The molecule has 2 aromatic carbocycles. The number of hydrogen-bond donors (Lipinski definition) is 2. The first-order valence-corrected chi connectivity index (χ1v) is 6.46. The molecule has 0 aliphatic heterocycles. The Kier molecular flexibility index (Phi) is 3.03. The van der Waals surface area contributed by atoms with Crippen molar-refractivity contribution >= 4 is 5.69 Å². The van der Waals surface area contributed by atoms with Crippen LogP contribution < -0.4 is 11.1 Å². The van der Waals surface area contributed by atoms with Crippen LogP contribution in [-0.4, -0.2) is 6.04 Å². The first-order valence-electron chi connectivity index (χ1n) is 6.46. The minimum atomic E-state index is 0.619. The van der Waals surface area contributed by atoms with Gasteiger partial charge in [-0.05, 0) is 29.7 Å². The second kappa shape index (κ2) is 4.83. The van der Waals surface area contributed by atoms with Gasteiger partial charge in [0, 0.05) is 24.2 Å². The molecule has 0 aromatic heterocycles. The van der Waals surface area contributed by atoms with Gasteiger partial charge in [0.25, 0.3) is 0 Å². The average Bonchev–Trinajstić information content (AvgIpc) is 3.17. The van der Waals surface area contributed by atoms with Crippen LogP contribution in [0.25, 0.3) is 0 Å². The first-order chi connectivity index (χ1) is 8.83. The van der Waals surface area contributed by atoms with Crippen LogP contribution in [0, 0.1) is 0 Å². The molecule has 0 heterocycles. The smallest absolute Gasteiger partial charge is 0.0317 e. The van der Waals surface area contributed by atoms with Gasteiger partial charge in [-0.25, -0.2) is 0 Å². The van der Waals surface area contributed by atoms with Crippen molar-refractivity contribution in [3.63, 3.8) is 0 Å². The lowest BCUT2D eigenvalue weighted by atomic mass is 10.1. The standard InChI is InChI=1S/C16H18N2/c17-14-8-4-5-12(9-14)11-18-16-10-15(16)13-6-2-1-3-7-13/h1-9,15-16,18H,10-11,17H2. The fourth-order valence-corrected chi connectivity index (χ4v) is 2.44. The van der Waals surface area contributed by atoms with Crippen molar-refractivity contribution in [1.29, 1.82) is 0 Å². The van der Waals surface area contributed by atoms with Gasteiger partial charge in [-0.15, -0.1) is 0 Å². The highest BCUT2D eigenvalue weighted by molar-refractivity contribution is 5.40. The van der Waals surface area contributed by atoms with E-state index < -0.39 is 0 Å². The zero-order valence-electron chi connectivity index (χ0n) is 10.3. The minimum Gasteiger partial charge on any atom is -0.399 e. The number of nitrogens with one attached hydrogen (secondary N) is 1. The Bertz CT molecular complexity index is 522. The molecule has 3 N–H and O–H groups in total. The Morgan fingerprint density at radius 1 is 1.06 bits per heavy atom. The van der Waals surface area contributed by atoms with Crippen molar-refractivity contribution in [2.24, 2.45) is 0 Å². The summed E-state index contributed by atoms with van der Waals surface area (Å²) in [5.74, 6) is 0.687. The zero-order valence-corrected chi connectivity index (χ0v) is 10.3. The maximum atomic E-state index is 5.77. The summed E-state index contributed by atoms with van der Waals surface area (Å²) in [6.45, 7) is 0.902. The van der Waals surface area contributed by atoms with Gasteiger partial charge < -0.3 is 11.1 Å². The predicted molar refractivity (Wildman–Crippen MR) is 75.3 cm³/mol. The van der Waals surface area contributed by atoms with E-state index in [9.17, 15) is 0 Å².